The second-order valence-corrected chi connectivity index (χ2v) is 5.48. The Hall–Kier alpha value is -2.21. The zero-order valence-corrected chi connectivity index (χ0v) is 13.3. The summed E-state index contributed by atoms with van der Waals surface area (Å²) in [6, 6.07) is 3.27. The molecule has 0 bridgehead atoms. The van der Waals surface area contributed by atoms with Crippen LogP contribution in [0.3, 0.4) is 0 Å². The van der Waals surface area contributed by atoms with Gasteiger partial charge in [0, 0.05) is 11.6 Å². The number of fused-ring (bicyclic) bond motifs is 1. The van der Waals surface area contributed by atoms with Crippen LogP contribution < -0.4 is 0 Å². The maximum Gasteiger partial charge on any atom is 0.225 e. The first-order chi connectivity index (χ1) is 11.0. The first-order valence-corrected chi connectivity index (χ1v) is 7.53. The number of hydrogen-bond donors (Lipinski definition) is 0. The molecule has 23 heavy (non-hydrogen) atoms. The summed E-state index contributed by atoms with van der Waals surface area (Å²) < 4.78 is 27.3. The summed E-state index contributed by atoms with van der Waals surface area (Å²) in [6.07, 6.45) is 1.64. The summed E-state index contributed by atoms with van der Waals surface area (Å²) >= 11 is 5.92. The molecule has 2 aromatic heterocycles. The summed E-state index contributed by atoms with van der Waals surface area (Å²) in [5.41, 5.74) is 2.52. The average molecular weight is 335 g/mol. The molecule has 0 atom stereocenters. The Morgan fingerprint density at radius 2 is 1.87 bits per heavy atom. The van der Waals surface area contributed by atoms with Crippen molar-refractivity contribution in [2.24, 2.45) is 0 Å². The largest absolute Gasteiger partial charge is 0.245 e. The summed E-state index contributed by atoms with van der Waals surface area (Å²) in [5, 5.41) is -0.0619. The van der Waals surface area contributed by atoms with Crippen molar-refractivity contribution in [2.75, 3.05) is 0 Å². The van der Waals surface area contributed by atoms with Crippen LogP contribution in [0.25, 0.3) is 22.4 Å². The van der Waals surface area contributed by atoms with Gasteiger partial charge in [-0.25, -0.2) is 23.7 Å². The number of hydrogen-bond acceptors (Lipinski definition) is 4. The van der Waals surface area contributed by atoms with E-state index in [1.165, 1.54) is 6.07 Å². The lowest BCUT2D eigenvalue weighted by atomic mass is 10.1. The smallest absolute Gasteiger partial charge is 0.225 e. The highest BCUT2D eigenvalue weighted by Crippen LogP contribution is 2.28. The van der Waals surface area contributed by atoms with Gasteiger partial charge in [-0.15, -0.1) is 0 Å². The van der Waals surface area contributed by atoms with Crippen molar-refractivity contribution in [1.29, 1.82) is 0 Å². The van der Waals surface area contributed by atoms with Gasteiger partial charge < -0.3 is 0 Å². The molecule has 2 heterocycles. The van der Waals surface area contributed by atoms with E-state index in [2.05, 4.69) is 19.9 Å². The van der Waals surface area contributed by atoms with Crippen molar-refractivity contribution in [2.45, 2.75) is 26.7 Å². The highest BCUT2D eigenvalue weighted by Gasteiger charge is 2.17. The summed E-state index contributed by atoms with van der Waals surface area (Å²) in [5.74, 6) is -1.40. The van der Waals surface area contributed by atoms with Crippen molar-refractivity contribution in [3.8, 4) is 11.3 Å². The fraction of sp³-hybridized carbons (Fsp3) is 0.250. The van der Waals surface area contributed by atoms with E-state index in [0.717, 1.165) is 36.4 Å². The minimum absolute atomic E-state index is 0.0619. The number of nitrogens with zero attached hydrogens (tertiary/aromatic N) is 4. The van der Waals surface area contributed by atoms with E-state index in [1.54, 1.807) is 0 Å². The van der Waals surface area contributed by atoms with Crippen LogP contribution in [-0.4, -0.2) is 19.9 Å². The van der Waals surface area contributed by atoms with Crippen molar-refractivity contribution >= 4 is 22.8 Å². The summed E-state index contributed by atoms with van der Waals surface area (Å²) in [6.45, 7) is 3.87. The zero-order chi connectivity index (χ0) is 16.6. The Morgan fingerprint density at radius 3 is 2.57 bits per heavy atom. The van der Waals surface area contributed by atoms with Gasteiger partial charge >= 0.3 is 0 Å². The standard InChI is InChI=1S/C16H13ClF2N4/c1-3-4-12-8(2)20-15-14(21-12)13(22-16(17)23-15)10-6-5-9(18)7-11(10)19/h5-7H,3-4H2,1-2H3. The van der Waals surface area contributed by atoms with Crippen LogP contribution in [0.15, 0.2) is 18.2 Å². The van der Waals surface area contributed by atoms with Crippen molar-refractivity contribution < 1.29 is 8.78 Å². The van der Waals surface area contributed by atoms with E-state index in [9.17, 15) is 8.78 Å². The lowest BCUT2D eigenvalue weighted by molar-refractivity contribution is 0.585. The molecule has 0 saturated heterocycles. The predicted molar refractivity (Wildman–Crippen MR) is 84.2 cm³/mol. The van der Waals surface area contributed by atoms with Gasteiger partial charge in [0.15, 0.2) is 5.65 Å². The van der Waals surface area contributed by atoms with E-state index < -0.39 is 11.6 Å². The molecule has 4 nitrogen and oxygen atoms in total. The molecule has 0 N–H and O–H groups in total. The third-order valence-electron chi connectivity index (χ3n) is 3.45. The molecule has 0 amide bonds. The van der Waals surface area contributed by atoms with Crippen LogP contribution in [0.1, 0.15) is 24.7 Å². The van der Waals surface area contributed by atoms with Crippen LogP contribution in [0.2, 0.25) is 5.28 Å². The Labute approximate surface area is 136 Å². The Balaban J connectivity index is 2.32. The molecule has 0 aliphatic carbocycles. The topological polar surface area (TPSA) is 51.6 Å². The maximum absolute atomic E-state index is 14.1. The molecule has 0 spiro atoms. The van der Waals surface area contributed by atoms with Gasteiger partial charge in [-0.05, 0) is 37.1 Å². The third kappa shape index (κ3) is 2.99. The van der Waals surface area contributed by atoms with Crippen LogP contribution in [0, 0.1) is 18.6 Å². The van der Waals surface area contributed by atoms with E-state index in [1.807, 2.05) is 13.8 Å². The molecule has 0 unspecified atom stereocenters. The molecule has 0 saturated carbocycles. The second-order valence-electron chi connectivity index (χ2n) is 5.14. The zero-order valence-electron chi connectivity index (χ0n) is 12.6. The number of aryl methyl sites for hydroxylation is 2. The molecule has 3 rings (SSSR count). The second kappa shape index (κ2) is 6.12. The van der Waals surface area contributed by atoms with Gasteiger partial charge in [-0.3, -0.25) is 0 Å². The summed E-state index contributed by atoms with van der Waals surface area (Å²) in [7, 11) is 0. The van der Waals surface area contributed by atoms with Gasteiger partial charge in [-0.1, -0.05) is 13.3 Å². The fourth-order valence-electron chi connectivity index (χ4n) is 2.38. The van der Waals surface area contributed by atoms with Crippen LogP contribution in [-0.2, 0) is 6.42 Å². The van der Waals surface area contributed by atoms with Gasteiger partial charge in [0.1, 0.15) is 22.8 Å². The molecule has 0 aliphatic heterocycles. The van der Waals surface area contributed by atoms with Crippen molar-refractivity contribution in [3.05, 3.63) is 46.5 Å². The van der Waals surface area contributed by atoms with Gasteiger partial charge in [-0.2, -0.15) is 4.98 Å². The van der Waals surface area contributed by atoms with Gasteiger partial charge in [0.2, 0.25) is 5.28 Å². The predicted octanol–water partition coefficient (Wildman–Crippen LogP) is 4.28. The lowest BCUT2D eigenvalue weighted by Crippen LogP contribution is -2.03. The Kier molecular flexibility index (Phi) is 4.17. The Bertz CT molecular complexity index is 899. The summed E-state index contributed by atoms with van der Waals surface area (Å²) in [4.78, 5) is 17.1. The maximum atomic E-state index is 14.1. The number of aromatic nitrogens is 4. The van der Waals surface area contributed by atoms with Crippen LogP contribution in [0.4, 0.5) is 8.78 Å². The van der Waals surface area contributed by atoms with Crippen LogP contribution in [0.5, 0.6) is 0 Å². The number of halogens is 3. The normalized spacial score (nSPS) is 11.2. The SMILES string of the molecule is CCCc1nc2c(-c3ccc(F)cc3F)nc(Cl)nc2nc1C. The highest BCUT2D eigenvalue weighted by atomic mass is 35.5. The van der Waals surface area contributed by atoms with Gasteiger partial charge in [0.25, 0.3) is 0 Å². The lowest BCUT2D eigenvalue weighted by Gasteiger charge is -2.09. The number of benzene rings is 1. The minimum Gasteiger partial charge on any atom is -0.245 e. The fourth-order valence-corrected chi connectivity index (χ4v) is 2.54. The Morgan fingerprint density at radius 1 is 1.09 bits per heavy atom. The molecule has 7 heteroatoms. The minimum atomic E-state index is -0.736. The highest BCUT2D eigenvalue weighted by molar-refractivity contribution is 6.28. The first kappa shape index (κ1) is 15.7. The van der Waals surface area contributed by atoms with E-state index in [-0.39, 0.29) is 16.5 Å². The van der Waals surface area contributed by atoms with Crippen molar-refractivity contribution in [1.82, 2.24) is 19.9 Å². The molecular weight excluding hydrogens is 322 g/mol. The monoisotopic (exact) mass is 334 g/mol. The molecule has 0 aliphatic rings. The van der Waals surface area contributed by atoms with E-state index in [0.29, 0.717) is 11.2 Å². The average Bonchev–Trinajstić information content (AvgIpc) is 2.48. The number of rotatable bonds is 3. The molecule has 3 aromatic rings. The van der Waals surface area contributed by atoms with Crippen LogP contribution >= 0.6 is 11.6 Å². The molecule has 0 radical (unpaired) electrons. The van der Waals surface area contributed by atoms with E-state index >= 15 is 0 Å². The van der Waals surface area contributed by atoms with E-state index in [4.69, 9.17) is 11.6 Å². The quantitative estimate of drug-likeness (QED) is 0.671. The van der Waals surface area contributed by atoms with Gasteiger partial charge in [0.05, 0.1) is 11.4 Å². The molecule has 118 valence electrons. The third-order valence-corrected chi connectivity index (χ3v) is 3.62. The van der Waals surface area contributed by atoms with Crippen molar-refractivity contribution in [3.63, 3.8) is 0 Å². The molecular formula is C16H13ClF2N4. The molecule has 1 aromatic carbocycles. The molecule has 0 fully saturated rings. The first-order valence-electron chi connectivity index (χ1n) is 7.15.